The Hall–Kier alpha value is -3.92. The van der Waals surface area contributed by atoms with E-state index in [-0.39, 0.29) is 29.7 Å². The minimum absolute atomic E-state index is 0.141. The molecule has 0 bridgehead atoms. The number of Topliss-reactive ketones (excluding diaryl/α,β-unsaturated/α-hetero) is 1. The normalized spacial score (nSPS) is 20.2. The number of carbonyl (C=O) groups is 2. The van der Waals surface area contributed by atoms with E-state index >= 15 is 0 Å². The summed E-state index contributed by atoms with van der Waals surface area (Å²) >= 11 is 0. The van der Waals surface area contributed by atoms with Crippen LogP contribution in [0.5, 0.6) is 5.75 Å². The van der Waals surface area contributed by atoms with Gasteiger partial charge in [0.2, 0.25) is 5.91 Å². The highest BCUT2D eigenvalue weighted by atomic mass is 16.5. The molecule has 0 N–H and O–H groups in total. The molecule has 6 heteroatoms. The molecule has 3 atom stereocenters. The van der Waals surface area contributed by atoms with Crippen molar-refractivity contribution in [3.8, 4) is 17.6 Å². The second-order valence-electron chi connectivity index (χ2n) is 11.2. The molecule has 0 saturated carbocycles. The van der Waals surface area contributed by atoms with E-state index in [0.717, 1.165) is 48.4 Å². The summed E-state index contributed by atoms with van der Waals surface area (Å²) in [6.07, 6.45) is 2.83. The number of benzene rings is 3. The standard InChI is InChI=1S/C36H40N2O4/c1-27(39)20-23-42-26-34-36(31-16-12-29(13-17-31)11-10-28-8-4-3-5-9-28)33-25-37(21-6-7-22-38(33)34)35(40)24-30-14-18-32(41-2)19-15-30/h3-5,8-9,12-19,33-34,36H,6-7,20-26H2,1-2H3/t33-,34+,36+/m0/s1. The lowest BCUT2D eigenvalue weighted by atomic mass is 9.74. The van der Waals surface area contributed by atoms with Gasteiger partial charge in [0.25, 0.3) is 0 Å². The Balaban J connectivity index is 1.32. The lowest BCUT2D eigenvalue weighted by Gasteiger charge is -2.57. The SMILES string of the molecule is COc1ccc(CC(=O)N2CCCCN3[C@H](COCCC(C)=O)[C@H](c4ccc(C#Cc5ccccc5)cc4)[C@@H]3C2)cc1. The molecular weight excluding hydrogens is 524 g/mol. The van der Waals surface area contributed by atoms with Crippen LogP contribution in [0.2, 0.25) is 0 Å². The summed E-state index contributed by atoms with van der Waals surface area (Å²) in [5.74, 6) is 7.84. The fraction of sp³-hybridized carbons (Fsp3) is 0.389. The highest BCUT2D eigenvalue weighted by molar-refractivity contribution is 5.79. The van der Waals surface area contributed by atoms with Crippen LogP contribution in [0.1, 0.15) is 54.4 Å². The number of fused-ring (bicyclic) bond motifs is 1. The first kappa shape index (κ1) is 29.6. The third-order valence-corrected chi connectivity index (χ3v) is 8.36. The van der Waals surface area contributed by atoms with Crippen molar-refractivity contribution in [3.63, 3.8) is 0 Å². The highest BCUT2D eigenvalue weighted by Crippen LogP contribution is 2.42. The quantitative estimate of drug-likeness (QED) is 0.268. The Kier molecular flexibility index (Phi) is 10.1. The minimum Gasteiger partial charge on any atom is -0.497 e. The van der Waals surface area contributed by atoms with Crippen LogP contribution in [0.3, 0.4) is 0 Å². The topological polar surface area (TPSA) is 59.1 Å². The smallest absolute Gasteiger partial charge is 0.227 e. The van der Waals surface area contributed by atoms with Crippen molar-refractivity contribution in [1.29, 1.82) is 0 Å². The van der Waals surface area contributed by atoms with Gasteiger partial charge in [0, 0.05) is 48.6 Å². The van der Waals surface area contributed by atoms with Crippen molar-refractivity contribution in [2.75, 3.05) is 40.0 Å². The molecule has 2 saturated heterocycles. The van der Waals surface area contributed by atoms with Crippen LogP contribution in [0, 0.1) is 11.8 Å². The molecule has 42 heavy (non-hydrogen) atoms. The van der Waals surface area contributed by atoms with Crippen molar-refractivity contribution >= 4 is 11.7 Å². The van der Waals surface area contributed by atoms with Crippen molar-refractivity contribution in [2.24, 2.45) is 0 Å². The van der Waals surface area contributed by atoms with Crippen LogP contribution in [0.25, 0.3) is 0 Å². The average Bonchev–Trinajstić information content (AvgIpc) is 2.99. The molecule has 2 aliphatic rings. The molecular formula is C36H40N2O4. The number of methoxy groups -OCH3 is 1. The van der Waals surface area contributed by atoms with Gasteiger partial charge in [-0.2, -0.15) is 0 Å². The fourth-order valence-corrected chi connectivity index (χ4v) is 6.05. The fourth-order valence-electron chi connectivity index (χ4n) is 6.05. The first-order valence-electron chi connectivity index (χ1n) is 14.9. The zero-order valence-electron chi connectivity index (χ0n) is 24.6. The zero-order valence-corrected chi connectivity index (χ0v) is 24.6. The van der Waals surface area contributed by atoms with Crippen LogP contribution >= 0.6 is 0 Å². The van der Waals surface area contributed by atoms with E-state index in [1.807, 2.05) is 54.6 Å². The van der Waals surface area contributed by atoms with Gasteiger partial charge in [0.05, 0.1) is 26.7 Å². The monoisotopic (exact) mass is 564 g/mol. The Bertz CT molecular complexity index is 1390. The number of hydrogen-bond donors (Lipinski definition) is 0. The van der Waals surface area contributed by atoms with Crippen molar-refractivity contribution in [1.82, 2.24) is 9.80 Å². The van der Waals surface area contributed by atoms with E-state index in [2.05, 4.69) is 45.9 Å². The van der Waals surface area contributed by atoms with Crippen LogP contribution in [-0.4, -0.2) is 73.5 Å². The van der Waals surface area contributed by atoms with Crippen molar-refractivity contribution < 1.29 is 19.1 Å². The Morgan fingerprint density at radius 1 is 0.881 bits per heavy atom. The third-order valence-electron chi connectivity index (χ3n) is 8.36. The van der Waals surface area contributed by atoms with Crippen LogP contribution in [0.4, 0.5) is 0 Å². The number of hydrogen-bond acceptors (Lipinski definition) is 5. The summed E-state index contributed by atoms with van der Waals surface area (Å²) in [4.78, 5) is 29.5. The summed E-state index contributed by atoms with van der Waals surface area (Å²) < 4.78 is 11.3. The summed E-state index contributed by atoms with van der Waals surface area (Å²) in [6.45, 7) is 5.08. The first-order valence-corrected chi connectivity index (χ1v) is 14.9. The van der Waals surface area contributed by atoms with E-state index in [1.54, 1.807) is 14.0 Å². The number of nitrogens with zero attached hydrogens (tertiary/aromatic N) is 2. The maximum atomic E-state index is 13.5. The van der Waals surface area contributed by atoms with Crippen molar-refractivity contribution in [3.05, 3.63) is 101 Å². The molecule has 0 aliphatic carbocycles. The summed E-state index contributed by atoms with van der Waals surface area (Å²) in [5.41, 5.74) is 4.20. The molecule has 1 amide bonds. The van der Waals surface area contributed by atoms with Gasteiger partial charge in [-0.25, -0.2) is 0 Å². The van der Waals surface area contributed by atoms with Gasteiger partial charge in [-0.3, -0.25) is 14.5 Å². The zero-order chi connectivity index (χ0) is 29.3. The molecule has 0 unspecified atom stereocenters. The van der Waals surface area contributed by atoms with Crippen LogP contribution in [-0.2, 0) is 20.7 Å². The molecule has 0 aromatic heterocycles. The second kappa shape index (κ2) is 14.3. The number of ketones is 1. The van der Waals surface area contributed by atoms with Gasteiger partial charge in [0.15, 0.2) is 0 Å². The highest BCUT2D eigenvalue weighted by Gasteiger charge is 2.49. The minimum atomic E-state index is 0.141. The van der Waals surface area contributed by atoms with E-state index in [9.17, 15) is 9.59 Å². The Morgan fingerprint density at radius 2 is 1.57 bits per heavy atom. The number of ether oxygens (including phenoxy) is 2. The van der Waals surface area contributed by atoms with Gasteiger partial charge < -0.3 is 14.4 Å². The number of amides is 1. The lowest BCUT2D eigenvalue weighted by molar-refractivity contribution is -0.136. The van der Waals surface area contributed by atoms with E-state index in [4.69, 9.17) is 9.47 Å². The Morgan fingerprint density at radius 3 is 2.26 bits per heavy atom. The van der Waals surface area contributed by atoms with Gasteiger partial charge in [-0.1, -0.05) is 54.3 Å². The van der Waals surface area contributed by atoms with Gasteiger partial charge >= 0.3 is 0 Å². The molecule has 218 valence electrons. The van der Waals surface area contributed by atoms with Crippen LogP contribution < -0.4 is 4.74 Å². The summed E-state index contributed by atoms with van der Waals surface area (Å²) in [6, 6.07) is 26.7. The number of rotatable bonds is 9. The summed E-state index contributed by atoms with van der Waals surface area (Å²) in [7, 11) is 1.65. The maximum Gasteiger partial charge on any atom is 0.227 e. The molecule has 6 nitrogen and oxygen atoms in total. The predicted molar refractivity (Wildman–Crippen MR) is 165 cm³/mol. The predicted octanol–water partition coefficient (Wildman–Crippen LogP) is 5.09. The van der Waals surface area contributed by atoms with Gasteiger partial charge in [-0.05, 0) is 73.8 Å². The average molecular weight is 565 g/mol. The van der Waals surface area contributed by atoms with E-state index < -0.39 is 0 Å². The molecule has 2 fully saturated rings. The first-order chi connectivity index (χ1) is 20.5. The number of carbonyl (C=O) groups excluding carboxylic acids is 2. The molecule has 0 radical (unpaired) electrons. The van der Waals surface area contributed by atoms with E-state index in [1.165, 1.54) is 5.56 Å². The molecule has 0 spiro atoms. The maximum absolute atomic E-state index is 13.5. The van der Waals surface area contributed by atoms with E-state index in [0.29, 0.717) is 32.6 Å². The van der Waals surface area contributed by atoms with Gasteiger partial charge in [0.1, 0.15) is 11.5 Å². The summed E-state index contributed by atoms with van der Waals surface area (Å²) in [5, 5.41) is 0. The molecule has 3 aromatic carbocycles. The molecule has 5 rings (SSSR count). The Labute approximate surface area is 249 Å². The lowest BCUT2D eigenvalue weighted by Crippen LogP contribution is -2.68. The third kappa shape index (κ3) is 7.47. The molecule has 2 heterocycles. The van der Waals surface area contributed by atoms with Gasteiger partial charge in [-0.15, -0.1) is 0 Å². The van der Waals surface area contributed by atoms with Crippen molar-refractivity contribution in [2.45, 2.75) is 50.6 Å². The van der Waals surface area contributed by atoms with Crippen LogP contribution in [0.15, 0.2) is 78.9 Å². The molecule has 2 aliphatic heterocycles. The second-order valence-corrected chi connectivity index (χ2v) is 11.2. The molecule has 3 aromatic rings. The largest absolute Gasteiger partial charge is 0.497 e.